The van der Waals surface area contributed by atoms with Crippen molar-refractivity contribution in [2.24, 2.45) is 0 Å². The molecule has 0 saturated carbocycles. The number of aromatic hydroxyl groups is 1. The molecule has 1 N–H and O–H groups in total. The summed E-state index contributed by atoms with van der Waals surface area (Å²) in [5.41, 5.74) is 1.21. The summed E-state index contributed by atoms with van der Waals surface area (Å²) in [6.45, 7) is 0. The summed E-state index contributed by atoms with van der Waals surface area (Å²) in [7, 11) is 0. The van der Waals surface area contributed by atoms with Crippen molar-refractivity contribution in [3.05, 3.63) is 64.7 Å². The number of Topliss-reactive ketones (excluding diaryl/α,β-unsaturated/α-hetero) is 1. The van der Waals surface area contributed by atoms with Crippen LogP contribution in [-0.2, 0) is 4.74 Å². The lowest BCUT2D eigenvalue weighted by atomic mass is 10.0. The fourth-order valence-electron chi connectivity index (χ4n) is 2.05. The van der Waals surface area contributed by atoms with Gasteiger partial charge in [-0.15, -0.1) is 0 Å². The summed E-state index contributed by atoms with van der Waals surface area (Å²) in [5.74, 6) is -0.212. The Hall–Kier alpha value is -1.84. The first-order valence-corrected chi connectivity index (χ1v) is 6.28. The summed E-state index contributed by atoms with van der Waals surface area (Å²) in [5, 5.41) is 10.3. The zero-order valence-corrected chi connectivity index (χ0v) is 10.7. The van der Waals surface area contributed by atoms with Crippen LogP contribution in [0.5, 0.6) is 5.75 Å². The van der Waals surface area contributed by atoms with Gasteiger partial charge in [0.05, 0.1) is 5.56 Å². The number of phenols is 1. The molecule has 1 saturated heterocycles. The molecule has 2 aromatic rings. The van der Waals surface area contributed by atoms with Crippen molar-refractivity contribution in [2.75, 3.05) is 0 Å². The lowest BCUT2D eigenvalue weighted by molar-refractivity contribution is 0.0951. The topological polar surface area (TPSA) is 49.8 Å². The van der Waals surface area contributed by atoms with Gasteiger partial charge in [-0.1, -0.05) is 35.9 Å². The maximum absolute atomic E-state index is 12.2. The highest BCUT2D eigenvalue weighted by Crippen LogP contribution is 2.41. The Balaban J connectivity index is 1.78. The number of carbonyl (C=O) groups is 1. The van der Waals surface area contributed by atoms with E-state index < -0.39 is 6.10 Å². The number of phenolic OH excluding ortho intramolecular Hbond substituents is 1. The minimum atomic E-state index is -0.519. The molecule has 1 aliphatic rings. The number of carbonyl (C=O) groups excluding carboxylic acids is 1. The number of ether oxygens (including phenoxy) is 1. The van der Waals surface area contributed by atoms with Crippen LogP contribution in [0.25, 0.3) is 0 Å². The Morgan fingerprint density at radius 2 is 1.79 bits per heavy atom. The minimum Gasteiger partial charge on any atom is -0.507 e. The number of rotatable bonds is 3. The lowest BCUT2D eigenvalue weighted by Crippen LogP contribution is -2.08. The molecule has 3 rings (SSSR count). The van der Waals surface area contributed by atoms with Crippen LogP contribution in [0.4, 0.5) is 0 Å². The summed E-state index contributed by atoms with van der Waals surface area (Å²) in [6, 6.07) is 13.7. The molecule has 1 heterocycles. The van der Waals surface area contributed by atoms with E-state index in [-0.39, 0.29) is 17.6 Å². The first-order chi connectivity index (χ1) is 9.16. The molecule has 0 bridgehead atoms. The lowest BCUT2D eigenvalue weighted by Gasteiger charge is -2.00. The van der Waals surface area contributed by atoms with E-state index in [0.717, 1.165) is 5.56 Å². The highest BCUT2D eigenvalue weighted by molar-refractivity contribution is 6.30. The summed E-state index contributed by atoms with van der Waals surface area (Å²) in [6.07, 6.45) is -0.765. The number of hydrogen-bond donors (Lipinski definition) is 1. The molecule has 2 aromatic carbocycles. The van der Waals surface area contributed by atoms with E-state index in [9.17, 15) is 9.90 Å². The maximum Gasteiger partial charge on any atom is 0.198 e. The molecule has 2 unspecified atom stereocenters. The molecule has 4 heteroatoms. The van der Waals surface area contributed by atoms with Gasteiger partial charge in [0.25, 0.3) is 0 Å². The van der Waals surface area contributed by atoms with Gasteiger partial charge < -0.3 is 9.84 Å². The number of halogens is 1. The highest BCUT2D eigenvalue weighted by atomic mass is 35.5. The Morgan fingerprint density at radius 1 is 1.11 bits per heavy atom. The third-order valence-corrected chi connectivity index (χ3v) is 3.37. The van der Waals surface area contributed by atoms with Gasteiger partial charge in [0.2, 0.25) is 0 Å². The maximum atomic E-state index is 12.2. The van der Waals surface area contributed by atoms with Gasteiger partial charge in [-0.3, -0.25) is 4.79 Å². The quantitative estimate of drug-likeness (QED) is 0.690. The molecular weight excluding hydrogens is 264 g/mol. The summed E-state index contributed by atoms with van der Waals surface area (Å²) < 4.78 is 5.41. The average molecular weight is 275 g/mol. The van der Waals surface area contributed by atoms with Gasteiger partial charge in [0, 0.05) is 5.02 Å². The monoisotopic (exact) mass is 274 g/mol. The molecule has 19 heavy (non-hydrogen) atoms. The molecule has 96 valence electrons. The van der Waals surface area contributed by atoms with Crippen LogP contribution in [0.2, 0.25) is 5.02 Å². The SMILES string of the molecule is O=C(c1ccccc1O)C1OC1c1ccc(Cl)cc1. The molecular formula is C15H11ClO3. The molecule has 0 radical (unpaired) electrons. The first kappa shape index (κ1) is 12.2. The van der Waals surface area contributed by atoms with Crippen LogP contribution in [0.15, 0.2) is 48.5 Å². The standard InChI is InChI=1S/C15H11ClO3/c16-10-7-5-9(6-8-10)14-15(19-14)13(18)11-3-1-2-4-12(11)17/h1-8,14-15,17H. The molecule has 0 aliphatic carbocycles. The predicted molar refractivity (Wildman–Crippen MR) is 71.5 cm³/mol. The minimum absolute atomic E-state index is 0.0159. The van der Waals surface area contributed by atoms with Crippen LogP contribution < -0.4 is 0 Å². The van der Waals surface area contributed by atoms with Crippen molar-refractivity contribution in [1.29, 1.82) is 0 Å². The molecule has 0 amide bonds. The predicted octanol–water partition coefficient (Wildman–Crippen LogP) is 3.37. The molecule has 2 atom stereocenters. The zero-order chi connectivity index (χ0) is 13.4. The van der Waals surface area contributed by atoms with Crippen molar-refractivity contribution in [3.8, 4) is 5.75 Å². The summed E-state index contributed by atoms with van der Waals surface area (Å²) in [4.78, 5) is 12.2. The Morgan fingerprint density at radius 3 is 2.47 bits per heavy atom. The van der Waals surface area contributed by atoms with Crippen molar-refractivity contribution in [1.82, 2.24) is 0 Å². The van der Waals surface area contributed by atoms with Crippen molar-refractivity contribution in [2.45, 2.75) is 12.2 Å². The van der Waals surface area contributed by atoms with Gasteiger partial charge in [0.1, 0.15) is 11.9 Å². The van der Waals surface area contributed by atoms with Crippen LogP contribution in [0.1, 0.15) is 22.0 Å². The van der Waals surface area contributed by atoms with Gasteiger partial charge in [-0.2, -0.15) is 0 Å². The van der Waals surface area contributed by atoms with E-state index in [0.29, 0.717) is 10.6 Å². The van der Waals surface area contributed by atoms with E-state index in [2.05, 4.69) is 0 Å². The molecule has 3 nitrogen and oxygen atoms in total. The Bertz CT molecular complexity index is 622. The summed E-state index contributed by atoms with van der Waals surface area (Å²) >= 11 is 5.81. The van der Waals surface area contributed by atoms with E-state index >= 15 is 0 Å². The normalized spacial score (nSPS) is 21.1. The molecule has 1 fully saturated rings. The van der Waals surface area contributed by atoms with E-state index in [1.54, 1.807) is 30.3 Å². The smallest absolute Gasteiger partial charge is 0.198 e. The Kier molecular flexibility index (Phi) is 3.01. The van der Waals surface area contributed by atoms with Crippen molar-refractivity contribution in [3.63, 3.8) is 0 Å². The van der Waals surface area contributed by atoms with E-state index in [1.807, 2.05) is 12.1 Å². The van der Waals surface area contributed by atoms with E-state index in [4.69, 9.17) is 16.3 Å². The molecule has 0 spiro atoms. The number of para-hydroxylation sites is 1. The molecule has 0 aromatic heterocycles. The number of benzene rings is 2. The molecule has 1 aliphatic heterocycles. The van der Waals surface area contributed by atoms with E-state index in [1.165, 1.54) is 6.07 Å². The van der Waals surface area contributed by atoms with Crippen LogP contribution in [0.3, 0.4) is 0 Å². The second-order valence-corrected chi connectivity index (χ2v) is 4.85. The average Bonchev–Trinajstić information content (AvgIpc) is 3.20. The fourth-order valence-corrected chi connectivity index (χ4v) is 2.18. The second kappa shape index (κ2) is 4.68. The number of ketones is 1. The van der Waals surface area contributed by atoms with Crippen LogP contribution >= 0.6 is 11.6 Å². The first-order valence-electron chi connectivity index (χ1n) is 5.90. The van der Waals surface area contributed by atoms with Gasteiger partial charge in [0.15, 0.2) is 11.9 Å². The third kappa shape index (κ3) is 2.35. The second-order valence-electron chi connectivity index (χ2n) is 4.41. The zero-order valence-electron chi connectivity index (χ0n) is 9.92. The van der Waals surface area contributed by atoms with Crippen molar-refractivity contribution < 1.29 is 14.6 Å². The number of epoxide rings is 1. The van der Waals surface area contributed by atoms with Crippen LogP contribution in [-0.4, -0.2) is 17.0 Å². The highest BCUT2D eigenvalue weighted by Gasteiger charge is 2.46. The number of hydrogen-bond acceptors (Lipinski definition) is 3. The largest absolute Gasteiger partial charge is 0.507 e. The van der Waals surface area contributed by atoms with Gasteiger partial charge >= 0.3 is 0 Å². The fraction of sp³-hybridized carbons (Fsp3) is 0.133. The van der Waals surface area contributed by atoms with Crippen LogP contribution in [0, 0.1) is 0 Å². The van der Waals surface area contributed by atoms with Gasteiger partial charge in [-0.05, 0) is 29.8 Å². The third-order valence-electron chi connectivity index (χ3n) is 3.12. The van der Waals surface area contributed by atoms with Gasteiger partial charge in [-0.25, -0.2) is 0 Å². The van der Waals surface area contributed by atoms with Crippen molar-refractivity contribution >= 4 is 17.4 Å². The Labute approximate surface area is 115 Å².